The molecule has 1 unspecified atom stereocenters. The number of hydrogen-bond donors (Lipinski definition) is 4. The average Bonchev–Trinajstić information content (AvgIpc) is 3.64. The molecule has 6 rings (SSSR count). The van der Waals surface area contributed by atoms with Crippen molar-refractivity contribution in [3.63, 3.8) is 0 Å². The lowest BCUT2D eigenvalue weighted by Gasteiger charge is -2.30. The van der Waals surface area contributed by atoms with Crippen molar-refractivity contribution in [2.75, 3.05) is 18.4 Å². The van der Waals surface area contributed by atoms with Crippen LogP contribution in [0.1, 0.15) is 89.0 Å². The van der Waals surface area contributed by atoms with Crippen LogP contribution < -0.4 is 21.3 Å². The van der Waals surface area contributed by atoms with Gasteiger partial charge in [-0.05, 0) is 99.0 Å². The molecule has 2 aliphatic heterocycles. The molecule has 15 nitrogen and oxygen atoms in total. The van der Waals surface area contributed by atoms with Crippen molar-refractivity contribution in [2.45, 2.75) is 97.5 Å². The Kier molecular flexibility index (Phi) is 13.2. The second-order valence-corrected chi connectivity index (χ2v) is 16.3. The topological polar surface area (TPSA) is 187 Å². The Balaban J connectivity index is 1.07. The molecule has 0 bridgehead atoms. The van der Waals surface area contributed by atoms with Crippen LogP contribution in [0.4, 0.5) is 15.3 Å². The normalized spacial score (nSPS) is 16.2. The van der Waals surface area contributed by atoms with Gasteiger partial charge in [-0.25, -0.2) is 14.6 Å². The summed E-state index contributed by atoms with van der Waals surface area (Å²) in [4.78, 5) is 75.9. The molecular formula is C44H53N9O6. The first-order valence-electron chi connectivity index (χ1n) is 20.0. The second kappa shape index (κ2) is 18.5. The number of carbonyl (C=O) groups is 5. The summed E-state index contributed by atoms with van der Waals surface area (Å²) >= 11 is 0. The summed E-state index contributed by atoms with van der Waals surface area (Å²) in [6.07, 6.45) is 6.01. The molecule has 0 aliphatic carbocycles. The molecule has 15 heteroatoms. The van der Waals surface area contributed by atoms with Crippen LogP contribution in [-0.2, 0) is 32.2 Å². The SMILES string of the molecule is CC(C)[C@H](NC(=O)OC(C)(C)C)C(=O)N[C@@H](C)C(=O)NCCCCN1N=C(c2ccc(NC(=O)N3Cc4ccncc4C3)cc2)CC(c2cccc3ncccc23)C1=O. The molecule has 6 amide bonds. The van der Waals surface area contributed by atoms with E-state index in [1.54, 1.807) is 65.0 Å². The van der Waals surface area contributed by atoms with Crippen molar-refractivity contribution in [1.29, 1.82) is 0 Å². The van der Waals surface area contributed by atoms with Crippen molar-refractivity contribution in [1.82, 2.24) is 35.8 Å². The summed E-state index contributed by atoms with van der Waals surface area (Å²) in [5.41, 5.74) is 5.26. The Morgan fingerprint density at radius 1 is 0.881 bits per heavy atom. The third-order valence-electron chi connectivity index (χ3n) is 10.2. The van der Waals surface area contributed by atoms with Gasteiger partial charge in [-0.2, -0.15) is 5.10 Å². The zero-order valence-corrected chi connectivity index (χ0v) is 34.5. The van der Waals surface area contributed by atoms with Gasteiger partial charge in [-0.1, -0.05) is 44.2 Å². The molecule has 2 aliphatic rings. The Morgan fingerprint density at radius 2 is 1.64 bits per heavy atom. The number of urea groups is 1. The number of hydrazone groups is 1. The highest BCUT2D eigenvalue weighted by Crippen LogP contribution is 2.34. The minimum absolute atomic E-state index is 0.129. The van der Waals surface area contributed by atoms with Gasteiger partial charge in [0.2, 0.25) is 11.8 Å². The molecule has 0 spiro atoms. The van der Waals surface area contributed by atoms with Crippen LogP contribution in [0.25, 0.3) is 10.9 Å². The van der Waals surface area contributed by atoms with E-state index in [9.17, 15) is 24.0 Å². The summed E-state index contributed by atoms with van der Waals surface area (Å²) in [6, 6.07) is 17.1. The lowest BCUT2D eigenvalue weighted by atomic mass is 9.86. The molecule has 0 saturated carbocycles. The molecule has 2 aromatic carbocycles. The van der Waals surface area contributed by atoms with Crippen LogP contribution in [0, 0.1) is 5.92 Å². The van der Waals surface area contributed by atoms with E-state index < -0.39 is 35.6 Å². The van der Waals surface area contributed by atoms with Crippen LogP contribution in [-0.4, -0.2) is 86.2 Å². The summed E-state index contributed by atoms with van der Waals surface area (Å²) in [5.74, 6) is -1.76. The number of fused-ring (bicyclic) bond motifs is 2. The van der Waals surface area contributed by atoms with E-state index in [0.29, 0.717) is 51.1 Å². The van der Waals surface area contributed by atoms with Crippen molar-refractivity contribution in [2.24, 2.45) is 11.0 Å². The van der Waals surface area contributed by atoms with Crippen LogP contribution in [0.2, 0.25) is 0 Å². The number of ether oxygens (including phenoxy) is 1. The molecule has 0 fully saturated rings. The molecule has 3 atom stereocenters. The van der Waals surface area contributed by atoms with Gasteiger partial charge in [0.05, 0.1) is 17.1 Å². The van der Waals surface area contributed by atoms with Crippen LogP contribution >= 0.6 is 0 Å². The molecule has 0 radical (unpaired) electrons. The number of pyridine rings is 2. The number of rotatable bonds is 13. The second-order valence-electron chi connectivity index (χ2n) is 16.3. The highest BCUT2D eigenvalue weighted by Gasteiger charge is 2.34. The first-order valence-corrected chi connectivity index (χ1v) is 20.0. The maximum absolute atomic E-state index is 14.1. The number of amides is 6. The highest BCUT2D eigenvalue weighted by atomic mass is 16.6. The summed E-state index contributed by atoms with van der Waals surface area (Å²) in [5, 5.41) is 18.4. The number of aromatic nitrogens is 2. The molecule has 59 heavy (non-hydrogen) atoms. The van der Waals surface area contributed by atoms with Crippen molar-refractivity contribution in [3.8, 4) is 0 Å². The number of nitrogens with one attached hydrogen (secondary N) is 4. The zero-order valence-electron chi connectivity index (χ0n) is 34.5. The van der Waals surface area contributed by atoms with Crippen molar-refractivity contribution < 1.29 is 28.7 Å². The van der Waals surface area contributed by atoms with Gasteiger partial charge in [0.25, 0.3) is 5.91 Å². The number of hydrogen-bond acceptors (Lipinski definition) is 9. The van der Waals surface area contributed by atoms with E-state index in [2.05, 4.69) is 31.2 Å². The van der Waals surface area contributed by atoms with Gasteiger partial charge >= 0.3 is 12.1 Å². The van der Waals surface area contributed by atoms with E-state index in [0.717, 1.165) is 38.9 Å². The van der Waals surface area contributed by atoms with Gasteiger partial charge in [0, 0.05) is 62.3 Å². The predicted molar refractivity (Wildman–Crippen MR) is 224 cm³/mol. The lowest BCUT2D eigenvalue weighted by molar-refractivity contribution is -0.133. The Hall–Kier alpha value is -6.38. The fourth-order valence-corrected chi connectivity index (χ4v) is 7.11. The van der Waals surface area contributed by atoms with Gasteiger partial charge in [0.1, 0.15) is 17.7 Å². The molecular weight excluding hydrogens is 751 g/mol. The monoisotopic (exact) mass is 803 g/mol. The average molecular weight is 804 g/mol. The third kappa shape index (κ3) is 10.8. The minimum atomic E-state index is -0.891. The molecule has 4 N–H and O–H groups in total. The largest absolute Gasteiger partial charge is 0.444 e. The Bertz CT molecular complexity index is 2190. The van der Waals surface area contributed by atoms with Gasteiger partial charge < -0.3 is 30.9 Å². The Morgan fingerprint density at radius 3 is 2.37 bits per heavy atom. The van der Waals surface area contributed by atoms with E-state index in [-0.39, 0.29) is 23.8 Å². The summed E-state index contributed by atoms with van der Waals surface area (Å²) in [6.45, 7) is 12.0. The van der Waals surface area contributed by atoms with Crippen LogP contribution in [0.3, 0.4) is 0 Å². The zero-order chi connectivity index (χ0) is 42.3. The van der Waals surface area contributed by atoms with E-state index in [1.807, 2.05) is 60.7 Å². The number of carbonyl (C=O) groups excluding carboxylic acids is 5. The van der Waals surface area contributed by atoms with Gasteiger partial charge in [0.15, 0.2) is 0 Å². The number of alkyl carbamates (subject to hydrolysis) is 1. The predicted octanol–water partition coefficient (Wildman–Crippen LogP) is 5.85. The van der Waals surface area contributed by atoms with Crippen LogP contribution in [0.15, 0.2) is 84.4 Å². The fraction of sp³-hybridized carbons (Fsp3) is 0.409. The van der Waals surface area contributed by atoms with E-state index in [1.165, 1.54) is 5.01 Å². The standard InChI is InChI=1S/C44H53N9O6/c1-27(2)38(50-43(58)59-44(4,5)6)40(55)48-28(3)39(54)47-19-7-8-22-53-41(56)35(33-11-9-13-36-34(33)12-10-20-46-36)23-37(51-53)29-14-16-32(17-15-29)49-42(57)52-25-30-18-21-45-24-31(30)26-52/h9-18,20-21,24,27-28,35,38H,7-8,19,22-23,25-26H2,1-6H3,(H,47,54)(H,48,55)(H,49,57)(H,50,58)/t28-,35?,38-/m0/s1. The number of nitrogens with zero attached hydrogens (tertiary/aromatic N) is 5. The molecule has 0 saturated heterocycles. The number of anilines is 1. The molecule has 310 valence electrons. The smallest absolute Gasteiger partial charge is 0.408 e. The maximum Gasteiger partial charge on any atom is 0.408 e. The van der Waals surface area contributed by atoms with E-state index in [4.69, 9.17) is 9.84 Å². The fourth-order valence-electron chi connectivity index (χ4n) is 7.11. The lowest BCUT2D eigenvalue weighted by Crippen LogP contribution is -2.55. The molecule has 2 aromatic heterocycles. The summed E-state index contributed by atoms with van der Waals surface area (Å²) in [7, 11) is 0. The molecule has 4 heterocycles. The third-order valence-corrected chi connectivity index (χ3v) is 10.2. The molecule has 4 aromatic rings. The van der Waals surface area contributed by atoms with Gasteiger partial charge in [-0.3, -0.25) is 24.4 Å². The Labute approximate surface area is 344 Å². The maximum atomic E-state index is 14.1. The number of unbranched alkanes of at least 4 members (excludes halogenated alkanes) is 1. The first-order chi connectivity index (χ1) is 28.2. The number of benzene rings is 2. The quantitative estimate of drug-likeness (QED) is 0.121. The minimum Gasteiger partial charge on any atom is -0.444 e. The van der Waals surface area contributed by atoms with Crippen molar-refractivity contribution in [3.05, 3.63) is 102 Å². The van der Waals surface area contributed by atoms with Crippen LogP contribution in [0.5, 0.6) is 0 Å². The first kappa shape index (κ1) is 42.2. The van der Waals surface area contributed by atoms with Gasteiger partial charge in [-0.15, -0.1) is 0 Å². The van der Waals surface area contributed by atoms with Crippen molar-refractivity contribution >= 4 is 52.1 Å². The van der Waals surface area contributed by atoms with E-state index >= 15 is 0 Å². The summed E-state index contributed by atoms with van der Waals surface area (Å²) < 4.78 is 5.30. The highest BCUT2D eigenvalue weighted by molar-refractivity contribution is 6.07.